The van der Waals surface area contributed by atoms with E-state index in [1.54, 1.807) is 14.2 Å². The number of ketones is 1. The maximum absolute atomic E-state index is 12.5. The van der Waals surface area contributed by atoms with Gasteiger partial charge in [0.05, 0.1) is 14.2 Å². The summed E-state index contributed by atoms with van der Waals surface area (Å²) in [6.07, 6.45) is 2.30. The van der Waals surface area contributed by atoms with Crippen molar-refractivity contribution in [1.82, 2.24) is 0 Å². The predicted octanol–water partition coefficient (Wildman–Crippen LogP) is 4.72. The van der Waals surface area contributed by atoms with Crippen molar-refractivity contribution in [2.24, 2.45) is 11.8 Å². The van der Waals surface area contributed by atoms with Gasteiger partial charge in [0.1, 0.15) is 17.3 Å². The van der Waals surface area contributed by atoms with E-state index >= 15 is 0 Å². The molecule has 0 heterocycles. The lowest BCUT2D eigenvalue weighted by Gasteiger charge is -2.15. The van der Waals surface area contributed by atoms with Gasteiger partial charge in [0, 0.05) is 12.3 Å². The SMILES string of the molecule is COc1ccc(CC(C)CC(=O)C(C)Cc2ccc(OC)cc2)cc1. The molecule has 2 aromatic rings. The molecule has 0 radical (unpaired) electrons. The number of rotatable bonds is 9. The monoisotopic (exact) mass is 340 g/mol. The van der Waals surface area contributed by atoms with Crippen LogP contribution in [-0.2, 0) is 17.6 Å². The quantitative estimate of drug-likeness (QED) is 0.662. The topological polar surface area (TPSA) is 35.5 Å². The summed E-state index contributed by atoms with van der Waals surface area (Å²) >= 11 is 0. The van der Waals surface area contributed by atoms with Crippen molar-refractivity contribution >= 4 is 5.78 Å². The van der Waals surface area contributed by atoms with Crippen molar-refractivity contribution in [3.05, 3.63) is 59.7 Å². The Morgan fingerprint density at radius 3 is 1.68 bits per heavy atom. The first-order valence-corrected chi connectivity index (χ1v) is 8.80. The van der Waals surface area contributed by atoms with Gasteiger partial charge < -0.3 is 9.47 Å². The Morgan fingerprint density at radius 2 is 1.24 bits per heavy atom. The molecule has 25 heavy (non-hydrogen) atoms. The fourth-order valence-corrected chi connectivity index (χ4v) is 3.01. The Labute approximate surface area is 151 Å². The summed E-state index contributed by atoms with van der Waals surface area (Å²) in [5.41, 5.74) is 2.41. The van der Waals surface area contributed by atoms with Crippen molar-refractivity contribution in [3.8, 4) is 11.5 Å². The molecule has 0 amide bonds. The Hall–Kier alpha value is -2.29. The summed E-state index contributed by atoms with van der Waals surface area (Å²) in [6, 6.07) is 16.0. The van der Waals surface area contributed by atoms with Crippen LogP contribution in [0.4, 0.5) is 0 Å². The van der Waals surface area contributed by atoms with Crippen molar-refractivity contribution < 1.29 is 14.3 Å². The first-order chi connectivity index (χ1) is 12.0. The summed E-state index contributed by atoms with van der Waals surface area (Å²) in [7, 11) is 3.33. The second-order valence-electron chi connectivity index (χ2n) is 6.78. The van der Waals surface area contributed by atoms with Crippen molar-refractivity contribution in [2.75, 3.05) is 14.2 Å². The summed E-state index contributed by atoms with van der Waals surface area (Å²) in [5, 5.41) is 0. The fourth-order valence-electron chi connectivity index (χ4n) is 3.01. The Morgan fingerprint density at radius 1 is 0.800 bits per heavy atom. The molecule has 0 aliphatic rings. The minimum Gasteiger partial charge on any atom is -0.497 e. The van der Waals surface area contributed by atoms with Crippen LogP contribution in [0.15, 0.2) is 48.5 Å². The van der Waals surface area contributed by atoms with Crippen LogP contribution in [0.2, 0.25) is 0 Å². The van der Waals surface area contributed by atoms with Crippen LogP contribution < -0.4 is 9.47 Å². The summed E-state index contributed by atoms with van der Waals surface area (Å²) < 4.78 is 10.3. The van der Waals surface area contributed by atoms with Gasteiger partial charge in [0.2, 0.25) is 0 Å². The maximum atomic E-state index is 12.5. The molecule has 0 saturated heterocycles. The molecule has 0 aromatic heterocycles. The summed E-state index contributed by atoms with van der Waals surface area (Å²) in [6.45, 7) is 4.16. The molecule has 0 saturated carbocycles. The predicted molar refractivity (Wildman–Crippen MR) is 101 cm³/mol. The molecule has 2 atom stereocenters. The minimum atomic E-state index is 0.0340. The minimum absolute atomic E-state index is 0.0340. The molecule has 2 rings (SSSR count). The van der Waals surface area contributed by atoms with Gasteiger partial charge in [-0.15, -0.1) is 0 Å². The van der Waals surface area contributed by atoms with E-state index in [1.165, 1.54) is 11.1 Å². The Kier molecular flexibility index (Phi) is 7.05. The molecular weight excluding hydrogens is 312 g/mol. The number of carbonyl (C=O) groups excluding carboxylic acids is 1. The lowest BCUT2D eigenvalue weighted by Crippen LogP contribution is -2.17. The van der Waals surface area contributed by atoms with Gasteiger partial charge in [0.15, 0.2) is 0 Å². The molecule has 0 aliphatic carbocycles. The van der Waals surface area contributed by atoms with E-state index in [2.05, 4.69) is 19.1 Å². The van der Waals surface area contributed by atoms with E-state index in [4.69, 9.17) is 9.47 Å². The smallest absolute Gasteiger partial charge is 0.136 e. The van der Waals surface area contributed by atoms with Crippen molar-refractivity contribution in [2.45, 2.75) is 33.1 Å². The highest BCUT2D eigenvalue weighted by Gasteiger charge is 2.17. The number of ether oxygens (including phenoxy) is 2. The highest BCUT2D eigenvalue weighted by molar-refractivity contribution is 5.81. The first kappa shape index (κ1) is 19.0. The number of Topliss-reactive ketones (excluding diaryl/α,β-unsaturated/α-hetero) is 1. The van der Waals surface area contributed by atoms with E-state index in [0.29, 0.717) is 18.1 Å². The number of carbonyl (C=O) groups is 1. The number of benzene rings is 2. The Bertz CT molecular complexity index is 659. The molecule has 0 aliphatic heterocycles. The van der Waals surface area contributed by atoms with Crippen LogP contribution in [0.3, 0.4) is 0 Å². The average Bonchev–Trinajstić information content (AvgIpc) is 2.62. The van der Waals surface area contributed by atoms with E-state index in [9.17, 15) is 4.79 Å². The molecule has 2 unspecified atom stereocenters. The number of hydrogen-bond acceptors (Lipinski definition) is 3. The van der Waals surface area contributed by atoms with E-state index in [0.717, 1.165) is 24.3 Å². The van der Waals surface area contributed by atoms with Crippen LogP contribution in [0, 0.1) is 11.8 Å². The zero-order valence-corrected chi connectivity index (χ0v) is 15.6. The fraction of sp³-hybridized carbons (Fsp3) is 0.409. The second kappa shape index (κ2) is 9.26. The van der Waals surface area contributed by atoms with Crippen LogP contribution in [0.5, 0.6) is 11.5 Å². The first-order valence-electron chi connectivity index (χ1n) is 8.80. The number of hydrogen-bond donors (Lipinski definition) is 0. The van der Waals surface area contributed by atoms with E-state index in [1.807, 2.05) is 43.3 Å². The van der Waals surface area contributed by atoms with Gasteiger partial charge >= 0.3 is 0 Å². The highest BCUT2D eigenvalue weighted by Crippen LogP contribution is 2.20. The second-order valence-corrected chi connectivity index (χ2v) is 6.78. The molecule has 2 aromatic carbocycles. The zero-order valence-electron chi connectivity index (χ0n) is 15.6. The zero-order chi connectivity index (χ0) is 18.2. The van der Waals surface area contributed by atoms with Gasteiger partial charge in [-0.2, -0.15) is 0 Å². The van der Waals surface area contributed by atoms with E-state index < -0.39 is 0 Å². The molecule has 3 nitrogen and oxygen atoms in total. The van der Waals surface area contributed by atoms with Gasteiger partial charge in [-0.1, -0.05) is 38.1 Å². The Balaban J connectivity index is 1.84. The number of methoxy groups -OCH3 is 2. The van der Waals surface area contributed by atoms with Crippen LogP contribution in [0.1, 0.15) is 31.4 Å². The van der Waals surface area contributed by atoms with Gasteiger partial charge in [-0.3, -0.25) is 4.79 Å². The largest absolute Gasteiger partial charge is 0.497 e. The maximum Gasteiger partial charge on any atom is 0.136 e. The third-order valence-electron chi connectivity index (χ3n) is 4.54. The van der Waals surface area contributed by atoms with Crippen LogP contribution in [0.25, 0.3) is 0 Å². The van der Waals surface area contributed by atoms with Crippen LogP contribution >= 0.6 is 0 Å². The third kappa shape index (κ3) is 5.93. The lowest BCUT2D eigenvalue weighted by molar-refractivity contribution is -0.123. The molecule has 0 bridgehead atoms. The van der Waals surface area contributed by atoms with Crippen molar-refractivity contribution in [3.63, 3.8) is 0 Å². The average molecular weight is 340 g/mol. The highest BCUT2D eigenvalue weighted by atomic mass is 16.5. The lowest BCUT2D eigenvalue weighted by atomic mass is 9.89. The summed E-state index contributed by atoms with van der Waals surface area (Å²) in [5.74, 6) is 2.40. The van der Waals surface area contributed by atoms with Gasteiger partial charge in [0.25, 0.3) is 0 Å². The van der Waals surface area contributed by atoms with Crippen molar-refractivity contribution in [1.29, 1.82) is 0 Å². The molecule has 0 spiro atoms. The normalized spacial score (nSPS) is 13.1. The molecule has 0 fully saturated rings. The molecule has 134 valence electrons. The third-order valence-corrected chi connectivity index (χ3v) is 4.54. The van der Waals surface area contributed by atoms with Crippen LogP contribution in [-0.4, -0.2) is 20.0 Å². The van der Waals surface area contributed by atoms with Gasteiger partial charge in [-0.25, -0.2) is 0 Å². The van der Waals surface area contributed by atoms with E-state index in [-0.39, 0.29) is 5.92 Å². The standard InChI is InChI=1S/C22H28O3/c1-16(13-18-5-9-20(24-3)10-6-18)14-22(23)17(2)15-19-7-11-21(25-4)12-8-19/h5-12,16-17H,13-15H2,1-4H3. The summed E-state index contributed by atoms with van der Waals surface area (Å²) in [4.78, 5) is 12.5. The molecular formula is C22H28O3. The molecule has 3 heteroatoms. The molecule has 0 N–H and O–H groups in total. The van der Waals surface area contributed by atoms with Gasteiger partial charge in [-0.05, 0) is 54.2 Å².